The number of nitrogens with zero attached hydrogens (tertiary/aromatic N) is 1. The molecular formula is C13H11F5N2O. The molecule has 0 radical (unpaired) electrons. The van der Waals surface area contributed by atoms with Crippen molar-refractivity contribution in [2.45, 2.75) is 25.1 Å². The zero-order valence-electron chi connectivity index (χ0n) is 10.8. The molecule has 1 aromatic carbocycles. The maximum absolute atomic E-state index is 13.4. The Balaban J connectivity index is 2.65. The van der Waals surface area contributed by atoms with Crippen molar-refractivity contribution in [3.63, 3.8) is 0 Å². The van der Waals surface area contributed by atoms with Crippen LogP contribution in [0, 0.1) is 0 Å². The van der Waals surface area contributed by atoms with E-state index in [1.165, 1.54) is 25.1 Å². The average Bonchev–Trinajstić information content (AvgIpc) is 2.76. The van der Waals surface area contributed by atoms with E-state index in [0.717, 1.165) is 10.8 Å². The molecular weight excluding hydrogens is 295 g/mol. The molecule has 0 saturated heterocycles. The summed E-state index contributed by atoms with van der Waals surface area (Å²) in [6, 6.07) is 3.20. The molecule has 2 rings (SSSR count). The molecule has 3 nitrogen and oxygen atoms in total. The number of aromatic nitrogens is 1. The average molecular weight is 306 g/mol. The summed E-state index contributed by atoms with van der Waals surface area (Å²) in [5.41, 5.74) is 4.95. The molecule has 0 saturated carbocycles. The molecule has 1 atom stereocenters. The van der Waals surface area contributed by atoms with E-state index in [-0.39, 0.29) is 10.9 Å². The summed E-state index contributed by atoms with van der Waals surface area (Å²) >= 11 is 0. The largest absolute Gasteiger partial charge is 0.455 e. The van der Waals surface area contributed by atoms with Crippen molar-refractivity contribution in [3.05, 3.63) is 36.0 Å². The van der Waals surface area contributed by atoms with E-state index in [1.54, 1.807) is 6.07 Å². The van der Waals surface area contributed by atoms with Crippen LogP contribution >= 0.6 is 0 Å². The molecule has 8 heteroatoms. The molecule has 0 amide bonds. The van der Waals surface area contributed by atoms with Gasteiger partial charge in [0.05, 0.1) is 5.52 Å². The van der Waals surface area contributed by atoms with Crippen molar-refractivity contribution >= 4 is 16.8 Å². The van der Waals surface area contributed by atoms with E-state index < -0.39 is 29.6 Å². The summed E-state index contributed by atoms with van der Waals surface area (Å²) in [7, 11) is 0. The fourth-order valence-electron chi connectivity index (χ4n) is 2.09. The predicted molar refractivity (Wildman–Crippen MR) is 66.2 cm³/mol. The van der Waals surface area contributed by atoms with Gasteiger partial charge in [-0.15, -0.1) is 0 Å². The van der Waals surface area contributed by atoms with Crippen molar-refractivity contribution in [1.82, 2.24) is 4.57 Å². The maximum Gasteiger partial charge on any atom is 0.455 e. The fourth-order valence-corrected chi connectivity index (χ4v) is 2.09. The Kier molecular flexibility index (Phi) is 3.53. The van der Waals surface area contributed by atoms with Crippen molar-refractivity contribution < 1.29 is 26.7 Å². The van der Waals surface area contributed by atoms with Crippen LogP contribution in [-0.2, 0) is 0 Å². The second-order valence-corrected chi connectivity index (χ2v) is 4.59. The molecule has 114 valence electrons. The molecule has 0 aliphatic rings. The highest BCUT2D eigenvalue weighted by atomic mass is 19.4. The van der Waals surface area contributed by atoms with Gasteiger partial charge < -0.3 is 5.73 Å². The number of para-hydroxylation sites is 1. The molecule has 0 unspecified atom stereocenters. The third kappa shape index (κ3) is 2.39. The molecule has 0 fully saturated rings. The molecule has 1 aromatic heterocycles. The maximum atomic E-state index is 13.4. The number of fused-ring (bicyclic) bond motifs is 1. The van der Waals surface area contributed by atoms with E-state index >= 15 is 0 Å². The number of rotatable bonds is 2. The molecule has 2 N–H and O–H groups in total. The van der Waals surface area contributed by atoms with Gasteiger partial charge in [0, 0.05) is 24.1 Å². The monoisotopic (exact) mass is 306 g/mol. The Hall–Kier alpha value is -1.96. The van der Waals surface area contributed by atoms with Crippen LogP contribution in [0.5, 0.6) is 0 Å². The van der Waals surface area contributed by atoms with Crippen molar-refractivity contribution in [2.24, 2.45) is 5.73 Å². The van der Waals surface area contributed by atoms with Crippen LogP contribution in [0.2, 0.25) is 0 Å². The Morgan fingerprint density at radius 3 is 2.29 bits per heavy atom. The fraction of sp³-hybridized carbons (Fsp3) is 0.308. The summed E-state index contributed by atoms with van der Waals surface area (Å²) < 4.78 is 65.1. The Labute approximate surface area is 116 Å². The number of hydrogen-bond acceptors (Lipinski definition) is 2. The van der Waals surface area contributed by atoms with Crippen molar-refractivity contribution in [2.75, 3.05) is 0 Å². The van der Waals surface area contributed by atoms with Crippen LogP contribution in [0.25, 0.3) is 10.9 Å². The van der Waals surface area contributed by atoms with E-state index in [1.807, 2.05) is 0 Å². The van der Waals surface area contributed by atoms with Crippen LogP contribution in [0.15, 0.2) is 30.5 Å². The smallest absolute Gasteiger partial charge is 0.319 e. The van der Waals surface area contributed by atoms with Gasteiger partial charge in [-0.25, -0.2) is 0 Å². The van der Waals surface area contributed by atoms with Crippen LogP contribution in [-0.4, -0.2) is 22.6 Å². The van der Waals surface area contributed by atoms with Crippen molar-refractivity contribution in [1.29, 1.82) is 0 Å². The van der Waals surface area contributed by atoms with Crippen LogP contribution in [0.3, 0.4) is 0 Å². The SMILES string of the molecule is CC(=O)n1cc([C@@H](N)C(F)(F)C(F)(F)F)c2ccccc21. The van der Waals surface area contributed by atoms with Gasteiger partial charge in [-0.05, 0) is 6.07 Å². The highest BCUT2D eigenvalue weighted by molar-refractivity contribution is 5.93. The highest BCUT2D eigenvalue weighted by Crippen LogP contribution is 2.44. The van der Waals surface area contributed by atoms with Gasteiger partial charge in [-0.1, -0.05) is 18.2 Å². The summed E-state index contributed by atoms with van der Waals surface area (Å²) in [5.74, 6) is -5.61. The zero-order chi connectivity index (χ0) is 16.0. The first-order valence-corrected chi connectivity index (χ1v) is 5.88. The first-order chi connectivity index (χ1) is 9.57. The second-order valence-electron chi connectivity index (χ2n) is 4.59. The first-order valence-electron chi connectivity index (χ1n) is 5.88. The Bertz CT molecular complexity index is 689. The number of nitrogens with two attached hydrogens (primary N) is 1. The van der Waals surface area contributed by atoms with Crippen LogP contribution in [0.1, 0.15) is 23.3 Å². The number of carbonyl (C=O) groups is 1. The van der Waals surface area contributed by atoms with Crippen molar-refractivity contribution in [3.8, 4) is 0 Å². The number of hydrogen-bond donors (Lipinski definition) is 1. The topological polar surface area (TPSA) is 48.0 Å². The zero-order valence-corrected chi connectivity index (χ0v) is 10.8. The van der Waals surface area contributed by atoms with Gasteiger partial charge in [0.25, 0.3) is 0 Å². The normalized spacial score (nSPS) is 14.4. The summed E-state index contributed by atoms with van der Waals surface area (Å²) in [4.78, 5) is 11.5. The summed E-state index contributed by atoms with van der Waals surface area (Å²) in [6.45, 7) is 1.17. The van der Waals surface area contributed by atoms with Gasteiger partial charge in [0.15, 0.2) is 0 Å². The number of alkyl halides is 5. The molecule has 2 aromatic rings. The quantitative estimate of drug-likeness (QED) is 0.863. The van der Waals surface area contributed by atoms with Gasteiger partial charge in [0.1, 0.15) is 6.04 Å². The Morgan fingerprint density at radius 2 is 1.76 bits per heavy atom. The summed E-state index contributed by atoms with van der Waals surface area (Å²) in [6.07, 6.45) is -4.84. The minimum absolute atomic E-state index is 0.0872. The van der Waals surface area contributed by atoms with E-state index in [0.29, 0.717) is 0 Å². The van der Waals surface area contributed by atoms with E-state index in [2.05, 4.69) is 0 Å². The van der Waals surface area contributed by atoms with Gasteiger partial charge >= 0.3 is 12.1 Å². The van der Waals surface area contributed by atoms with Crippen LogP contribution in [0.4, 0.5) is 22.0 Å². The first kappa shape index (κ1) is 15.4. The second kappa shape index (κ2) is 4.80. The lowest BCUT2D eigenvalue weighted by Crippen LogP contribution is -2.45. The third-order valence-corrected chi connectivity index (χ3v) is 3.19. The molecule has 1 heterocycles. The van der Waals surface area contributed by atoms with E-state index in [4.69, 9.17) is 5.73 Å². The van der Waals surface area contributed by atoms with Crippen LogP contribution < -0.4 is 5.73 Å². The number of halogens is 5. The molecule has 0 bridgehead atoms. The third-order valence-electron chi connectivity index (χ3n) is 3.19. The highest BCUT2D eigenvalue weighted by Gasteiger charge is 2.62. The van der Waals surface area contributed by atoms with Gasteiger partial charge in [0.2, 0.25) is 5.91 Å². The predicted octanol–water partition coefficient (Wildman–Crippen LogP) is 3.50. The lowest BCUT2D eigenvalue weighted by Gasteiger charge is -2.25. The lowest BCUT2D eigenvalue weighted by atomic mass is 10.0. The lowest BCUT2D eigenvalue weighted by molar-refractivity contribution is -0.290. The molecule has 0 aliphatic carbocycles. The minimum atomic E-state index is -5.77. The number of benzene rings is 1. The van der Waals surface area contributed by atoms with Gasteiger partial charge in [-0.2, -0.15) is 22.0 Å². The standard InChI is InChI=1S/C13H11F5N2O/c1-7(21)20-6-9(8-4-2-3-5-10(8)20)11(19)12(14,15)13(16,17)18/h2-6,11H,19H2,1H3/t11-/m1/s1. The van der Waals surface area contributed by atoms with Gasteiger partial charge in [-0.3, -0.25) is 9.36 Å². The number of carbonyl (C=O) groups excluding carboxylic acids is 1. The Morgan fingerprint density at radius 1 is 1.19 bits per heavy atom. The van der Waals surface area contributed by atoms with E-state index in [9.17, 15) is 26.7 Å². The molecule has 0 spiro atoms. The summed E-state index contributed by atoms with van der Waals surface area (Å²) in [5, 5.41) is 0.0872. The molecule has 0 aliphatic heterocycles. The molecule has 21 heavy (non-hydrogen) atoms. The minimum Gasteiger partial charge on any atom is -0.319 e.